The highest BCUT2D eigenvalue weighted by molar-refractivity contribution is 5.88. The Morgan fingerprint density at radius 1 is 1.14 bits per heavy atom. The lowest BCUT2D eigenvalue weighted by molar-refractivity contribution is -0.127. The maximum Gasteiger partial charge on any atom is 0.410 e. The number of hydrogen-bond donors (Lipinski definition) is 1. The Morgan fingerprint density at radius 3 is 2.43 bits per heavy atom. The summed E-state index contributed by atoms with van der Waals surface area (Å²) >= 11 is 0. The van der Waals surface area contributed by atoms with Crippen LogP contribution in [0.2, 0.25) is 0 Å². The van der Waals surface area contributed by atoms with Crippen molar-refractivity contribution in [2.75, 3.05) is 6.54 Å². The average molecular weight is 381 g/mol. The third-order valence-electron chi connectivity index (χ3n) is 4.80. The van der Waals surface area contributed by atoms with E-state index < -0.39 is 17.7 Å². The van der Waals surface area contributed by atoms with E-state index in [0.717, 1.165) is 11.1 Å². The van der Waals surface area contributed by atoms with Gasteiger partial charge in [-0.25, -0.2) is 4.79 Å². The Labute approximate surface area is 168 Å². The molecule has 28 heavy (non-hydrogen) atoms. The van der Waals surface area contributed by atoms with Crippen molar-refractivity contribution in [3.8, 4) is 0 Å². The molecule has 2 amide bonds. The van der Waals surface area contributed by atoms with Gasteiger partial charge in [-0.1, -0.05) is 60.7 Å². The van der Waals surface area contributed by atoms with Gasteiger partial charge in [-0.05, 0) is 38.3 Å². The molecule has 3 rings (SSSR count). The van der Waals surface area contributed by atoms with Gasteiger partial charge in [-0.15, -0.1) is 0 Å². The molecular weight excluding hydrogens is 352 g/mol. The number of carbonyl (C=O) groups is 2. The van der Waals surface area contributed by atoms with Crippen molar-refractivity contribution >= 4 is 12.0 Å². The molecule has 5 heteroatoms. The summed E-state index contributed by atoms with van der Waals surface area (Å²) < 4.78 is 13.2. The summed E-state index contributed by atoms with van der Waals surface area (Å²) in [6.07, 6.45) is 0.195. The van der Waals surface area contributed by atoms with E-state index in [-0.39, 0.29) is 25.3 Å². The second-order valence-corrected chi connectivity index (χ2v) is 7.86. The first-order valence-corrected chi connectivity index (χ1v) is 9.55. The number of carbonyl (C=O) groups excluding carboxylic acids is 2. The Morgan fingerprint density at radius 2 is 1.79 bits per heavy atom. The second-order valence-electron chi connectivity index (χ2n) is 7.86. The first-order valence-electron chi connectivity index (χ1n) is 10.3. The minimum absolute atomic E-state index is 0.0555. The van der Waals surface area contributed by atoms with Crippen LogP contribution in [0.25, 0.3) is 0 Å². The Bertz CT molecular complexity index is 827. The van der Waals surface area contributed by atoms with Crippen molar-refractivity contribution in [2.45, 2.75) is 51.3 Å². The number of nitrogens with one attached hydrogen (secondary N) is 1. The first kappa shape index (κ1) is 18.5. The van der Waals surface area contributed by atoms with Crippen LogP contribution in [0.15, 0.2) is 60.7 Å². The van der Waals surface area contributed by atoms with Crippen molar-refractivity contribution in [1.29, 1.82) is 0 Å². The zero-order chi connectivity index (χ0) is 20.9. The lowest BCUT2D eigenvalue weighted by Gasteiger charge is -2.30. The van der Waals surface area contributed by atoms with Gasteiger partial charge in [0.05, 0.1) is 0 Å². The van der Waals surface area contributed by atoms with E-state index in [1.807, 2.05) is 74.5 Å². The van der Waals surface area contributed by atoms with Crippen LogP contribution in [-0.4, -0.2) is 35.0 Å². The number of amides is 2. The SMILES string of the molecule is [2H]CC(C)(C)NC(=O)[C@@H]1[C@H](c2ccccc2)CCN1C(=O)OCc1ccccc1. The average Bonchev–Trinajstić information content (AvgIpc) is 3.18. The third kappa shape index (κ3) is 4.91. The molecule has 0 aromatic heterocycles. The van der Waals surface area contributed by atoms with Crippen molar-refractivity contribution < 1.29 is 15.7 Å². The van der Waals surface area contributed by atoms with Gasteiger partial charge >= 0.3 is 6.09 Å². The molecule has 2 aromatic rings. The van der Waals surface area contributed by atoms with E-state index in [1.54, 1.807) is 0 Å². The molecule has 2 aromatic carbocycles. The summed E-state index contributed by atoms with van der Waals surface area (Å²) in [6.45, 7) is 4.29. The van der Waals surface area contributed by atoms with E-state index in [1.165, 1.54) is 4.90 Å². The van der Waals surface area contributed by atoms with E-state index in [9.17, 15) is 9.59 Å². The summed E-state index contributed by atoms with van der Waals surface area (Å²) in [5.41, 5.74) is 1.26. The number of nitrogens with zero attached hydrogens (tertiary/aromatic N) is 1. The molecule has 1 saturated heterocycles. The van der Waals surface area contributed by atoms with Gasteiger partial charge in [0, 0.05) is 19.4 Å². The quantitative estimate of drug-likeness (QED) is 0.868. The van der Waals surface area contributed by atoms with E-state index in [4.69, 9.17) is 6.11 Å². The van der Waals surface area contributed by atoms with Gasteiger partial charge < -0.3 is 10.1 Å². The normalized spacial score (nSPS) is 19.8. The van der Waals surface area contributed by atoms with Crippen molar-refractivity contribution in [1.82, 2.24) is 10.2 Å². The minimum Gasteiger partial charge on any atom is -0.445 e. The summed E-state index contributed by atoms with van der Waals surface area (Å²) in [6, 6.07) is 18.6. The van der Waals surface area contributed by atoms with Gasteiger partial charge in [0.25, 0.3) is 0 Å². The molecule has 0 unspecified atom stereocenters. The van der Waals surface area contributed by atoms with Crippen LogP contribution in [0, 0.1) is 0 Å². The smallest absolute Gasteiger partial charge is 0.410 e. The highest BCUT2D eigenvalue weighted by Crippen LogP contribution is 2.34. The fourth-order valence-electron chi connectivity index (χ4n) is 3.58. The highest BCUT2D eigenvalue weighted by Gasteiger charge is 2.44. The third-order valence-corrected chi connectivity index (χ3v) is 4.80. The van der Waals surface area contributed by atoms with E-state index in [2.05, 4.69) is 5.32 Å². The maximum atomic E-state index is 13.1. The molecule has 0 bridgehead atoms. The van der Waals surface area contributed by atoms with Crippen LogP contribution in [0.4, 0.5) is 4.79 Å². The number of likely N-dealkylation sites (tertiary alicyclic amines) is 1. The predicted molar refractivity (Wildman–Crippen MR) is 109 cm³/mol. The van der Waals surface area contributed by atoms with Gasteiger partial charge in [0.15, 0.2) is 0 Å². The molecule has 1 N–H and O–H groups in total. The molecule has 2 atom stereocenters. The molecule has 148 valence electrons. The summed E-state index contributed by atoms with van der Waals surface area (Å²) in [5.74, 6) is -0.354. The number of benzene rings is 2. The van der Waals surface area contributed by atoms with Gasteiger partial charge in [0.1, 0.15) is 12.6 Å². The Kier molecular flexibility index (Phi) is 5.60. The highest BCUT2D eigenvalue weighted by atomic mass is 16.6. The van der Waals surface area contributed by atoms with Crippen LogP contribution < -0.4 is 5.32 Å². The molecule has 1 fully saturated rings. The number of rotatable bonds is 4. The first-order chi connectivity index (χ1) is 13.9. The van der Waals surface area contributed by atoms with Crippen LogP contribution in [-0.2, 0) is 16.1 Å². The van der Waals surface area contributed by atoms with E-state index >= 15 is 0 Å². The fraction of sp³-hybridized carbons (Fsp3) is 0.391. The molecular formula is C23H28N2O3. The molecule has 0 radical (unpaired) electrons. The molecule has 0 saturated carbocycles. The second kappa shape index (κ2) is 8.46. The zero-order valence-corrected chi connectivity index (χ0v) is 16.4. The topological polar surface area (TPSA) is 58.6 Å². The molecule has 1 heterocycles. The van der Waals surface area contributed by atoms with Crippen molar-refractivity contribution in [3.63, 3.8) is 0 Å². The largest absolute Gasteiger partial charge is 0.445 e. The standard InChI is InChI=1S/C23H28N2O3/c1-23(2,3)24-21(26)20-19(18-12-8-5-9-13-18)14-15-25(20)22(27)28-16-17-10-6-4-7-11-17/h4-13,19-20H,14-16H2,1-3H3,(H,24,26)/t19-,20-/m0/s1/i1D. The van der Waals surface area contributed by atoms with Crippen LogP contribution >= 0.6 is 0 Å². The maximum absolute atomic E-state index is 13.1. The van der Waals surface area contributed by atoms with Crippen LogP contribution in [0.3, 0.4) is 0 Å². The van der Waals surface area contributed by atoms with E-state index in [0.29, 0.717) is 13.0 Å². The van der Waals surface area contributed by atoms with Crippen LogP contribution in [0.1, 0.15) is 45.6 Å². The summed E-state index contributed by atoms with van der Waals surface area (Å²) in [4.78, 5) is 27.5. The van der Waals surface area contributed by atoms with Crippen LogP contribution in [0.5, 0.6) is 0 Å². The summed E-state index contributed by atoms with van der Waals surface area (Å²) in [7, 11) is 0. The van der Waals surface area contributed by atoms with Gasteiger partial charge in [-0.2, -0.15) is 0 Å². The Balaban J connectivity index is 1.78. The fourth-order valence-corrected chi connectivity index (χ4v) is 3.58. The minimum atomic E-state index is -0.666. The summed E-state index contributed by atoms with van der Waals surface area (Å²) in [5, 5.41) is 2.93. The number of ether oxygens (including phenoxy) is 1. The predicted octanol–water partition coefficient (Wildman–Crippen LogP) is 4.10. The molecule has 0 aliphatic carbocycles. The zero-order valence-electron chi connectivity index (χ0n) is 17.4. The molecule has 1 aliphatic rings. The lowest BCUT2D eigenvalue weighted by Crippen LogP contribution is -2.53. The van der Waals surface area contributed by atoms with Gasteiger partial charge in [-0.3, -0.25) is 9.69 Å². The van der Waals surface area contributed by atoms with Gasteiger partial charge in [0.2, 0.25) is 5.91 Å². The number of hydrogen-bond acceptors (Lipinski definition) is 3. The van der Waals surface area contributed by atoms with Crippen molar-refractivity contribution in [2.24, 2.45) is 0 Å². The lowest BCUT2D eigenvalue weighted by atomic mass is 9.90. The Hall–Kier alpha value is -2.82. The monoisotopic (exact) mass is 381 g/mol. The molecule has 0 spiro atoms. The molecule has 5 nitrogen and oxygen atoms in total. The van der Waals surface area contributed by atoms with Crippen molar-refractivity contribution in [3.05, 3.63) is 71.8 Å². The molecule has 1 aliphatic heterocycles.